The Labute approximate surface area is 66.2 Å². The van der Waals surface area contributed by atoms with Gasteiger partial charge in [-0.2, -0.15) is 12.6 Å². The third-order valence-electron chi connectivity index (χ3n) is 0.951. The SMILES string of the molecule is CC(O)CNC(=O)C(C)S. The van der Waals surface area contributed by atoms with Crippen LogP contribution in [0.3, 0.4) is 0 Å². The Morgan fingerprint density at radius 2 is 2.20 bits per heavy atom. The Bertz CT molecular complexity index is 114. The summed E-state index contributed by atoms with van der Waals surface area (Å²) in [5.41, 5.74) is 0. The highest BCUT2D eigenvalue weighted by molar-refractivity contribution is 7.81. The lowest BCUT2D eigenvalue weighted by molar-refractivity contribution is -0.120. The van der Waals surface area contributed by atoms with Crippen molar-refractivity contribution in [2.24, 2.45) is 0 Å². The van der Waals surface area contributed by atoms with Crippen molar-refractivity contribution in [2.75, 3.05) is 6.54 Å². The minimum Gasteiger partial charge on any atom is -0.392 e. The van der Waals surface area contributed by atoms with Crippen LogP contribution in [0.2, 0.25) is 0 Å². The number of thiol groups is 1. The van der Waals surface area contributed by atoms with Crippen molar-refractivity contribution in [3.05, 3.63) is 0 Å². The largest absolute Gasteiger partial charge is 0.392 e. The molecule has 0 aliphatic carbocycles. The maximum atomic E-state index is 10.7. The Hall–Kier alpha value is -0.220. The van der Waals surface area contributed by atoms with E-state index in [1.54, 1.807) is 13.8 Å². The molecule has 0 aromatic carbocycles. The topological polar surface area (TPSA) is 49.3 Å². The van der Waals surface area contributed by atoms with Crippen LogP contribution in [0.5, 0.6) is 0 Å². The van der Waals surface area contributed by atoms with Gasteiger partial charge in [0.15, 0.2) is 0 Å². The molecular weight excluding hydrogens is 150 g/mol. The average molecular weight is 163 g/mol. The van der Waals surface area contributed by atoms with Crippen molar-refractivity contribution in [3.63, 3.8) is 0 Å². The number of hydrogen-bond donors (Lipinski definition) is 3. The smallest absolute Gasteiger partial charge is 0.232 e. The fraction of sp³-hybridized carbons (Fsp3) is 0.833. The number of carbonyl (C=O) groups excluding carboxylic acids is 1. The summed E-state index contributed by atoms with van der Waals surface area (Å²) in [5, 5.41) is 11.0. The lowest BCUT2D eigenvalue weighted by Crippen LogP contribution is -2.34. The van der Waals surface area contributed by atoms with Gasteiger partial charge >= 0.3 is 0 Å². The van der Waals surface area contributed by atoms with Gasteiger partial charge in [-0.25, -0.2) is 0 Å². The molecule has 0 saturated heterocycles. The maximum absolute atomic E-state index is 10.7. The summed E-state index contributed by atoms with van der Waals surface area (Å²) in [7, 11) is 0. The first-order valence-corrected chi connectivity index (χ1v) is 3.69. The molecule has 0 bridgehead atoms. The van der Waals surface area contributed by atoms with E-state index in [1.807, 2.05) is 0 Å². The molecule has 3 nitrogen and oxygen atoms in total. The van der Waals surface area contributed by atoms with Crippen LogP contribution in [0.25, 0.3) is 0 Å². The summed E-state index contributed by atoms with van der Waals surface area (Å²) in [6.45, 7) is 3.59. The lowest BCUT2D eigenvalue weighted by Gasteiger charge is -2.07. The highest BCUT2D eigenvalue weighted by atomic mass is 32.1. The van der Waals surface area contributed by atoms with Crippen molar-refractivity contribution in [3.8, 4) is 0 Å². The quantitative estimate of drug-likeness (QED) is 0.505. The lowest BCUT2D eigenvalue weighted by atomic mass is 10.4. The molecule has 4 heteroatoms. The van der Waals surface area contributed by atoms with Gasteiger partial charge in [-0.3, -0.25) is 4.79 Å². The standard InChI is InChI=1S/C6H13NO2S/c1-4(8)3-7-6(9)5(2)10/h4-5,8,10H,3H2,1-2H3,(H,7,9). The molecule has 0 spiro atoms. The molecule has 10 heavy (non-hydrogen) atoms. The zero-order valence-electron chi connectivity index (χ0n) is 6.16. The number of nitrogens with one attached hydrogen (secondary N) is 1. The van der Waals surface area contributed by atoms with Gasteiger partial charge in [-0.1, -0.05) is 0 Å². The minimum atomic E-state index is -0.490. The first-order valence-electron chi connectivity index (χ1n) is 3.18. The highest BCUT2D eigenvalue weighted by Crippen LogP contribution is 1.90. The van der Waals surface area contributed by atoms with Gasteiger partial charge in [0.25, 0.3) is 0 Å². The zero-order chi connectivity index (χ0) is 8.15. The van der Waals surface area contributed by atoms with E-state index in [9.17, 15) is 4.79 Å². The van der Waals surface area contributed by atoms with Crippen LogP contribution in [0.15, 0.2) is 0 Å². The van der Waals surface area contributed by atoms with Gasteiger partial charge in [0.05, 0.1) is 11.4 Å². The second-order valence-electron chi connectivity index (χ2n) is 2.27. The van der Waals surface area contributed by atoms with E-state index in [0.717, 1.165) is 0 Å². The summed E-state index contributed by atoms with van der Waals surface area (Å²) in [6.07, 6.45) is -0.490. The Kier molecular flexibility index (Phi) is 4.47. The summed E-state index contributed by atoms with van der Waals surface area (Å²) < 4.78 is 0. The average Bonchev–Trinajstić information content (AvgIpc) is 1.82. The Balaban J connectivity index is 3.40. The fourth-order valence-electron chi connectivity index (χ4n) is 0.396. The second kappa shape index (κ2) is 4.57. The Morgan fingerprint density at radius 1 is 1.70 bits per heavy atom. The second-order valence-corrected chi connectivity index (χ2v) is 3.04. The Morgan fingerprint density at radius 3 is 2.50 bits per heavy atom. The van der Waals surface area contributed by atoms with Crippen LogP contribution in [-0.4, -0.2) is 28.9 Å². The molecule has 0 fully saturated rings. The molecule has 60 valence electrons. The van der Waals surface area contributed by atoms with E-state index in [-0.39, 0.29) is 11.2 Å². The van der Waals surface area contributed by atoms with Gasteiger partial charge in [0.2, 0.25) is 5.91 Å². The van der Waals surface area contributed by atoms with Gasteiger partial charge in [0.1, 0.15) is 0 Å². The number of rotatable bonds is 3. The monoisotopic (exact) mass is 163 g/mol. The molecule has 2 N–H and O–H groups in total. The molecule has 0 aliphatic rings. The van der Waals surface area contributed by atoms with E-state index in [4.69, 9.17) is 5.11 Å². The predicted octanol–water partition coefficient (Wildman–Crippen LogP) is -0.198. The van der Waals surface area contributed by atoms with Gasteiger partial charge in [0, 0.05) is 6.54 Å². The number of hydrogen-bond acceptors (Lipinski definition) is 3. The minimum absolute atomic E-state index is 0.149. The molecule has 0 radical (unpaired) electrons. The van der Waals surface area contributed by atoms with E-state index < -0.39 is 6.10 Å². The van der Waals surface area contributed by atoms with Crippen LogP contribution in [0, 0.1) is 0 Å². The number of amides is 1. The van der Waals surface area contributed by atoms with Crippen molar-refractivity contribution < 1.29 is 9.90 Å². The number of aliphatic hydroxyl groups is 1. The molecule has 0 aromatic heterocycles. The number of aliphatic hydroxyl groups excluding tert-OH is 1. The summed E-state index contributed by atoms with van der Waals surface area (Å²) in [5.74, 6) is -0.149. The summed E-state index contributed by atoms with van der Waals surface area (Å²) >= 11 is 3.90. The third-order valence-corrected chi connectivity index (χ3v) is 1.19. The van der Waals surface area contributed by atoms with E-state index in [1.165, 1.54) is 0 Å². The van der Waals surface area contributed by atoms with Crippen LogP contribution < -0.4 is 5.32 Å². The molecule has 0 aromatic rings. The molecule has 0 aliphatic heterocycles. The highest BCUT2D eigenvalue weighted by Gasteiger charge is 2.06. The normalized spacial score (nSPS) is 16.0. The van der Waals surface area contributed by atoms with E-state index in [2.05, 4.69) is 17.9 Å². The fourth-order valence-corrected chi connectivity index (χ4v) is 0.487. The van der Waals surface area contributed by atoms with Crippen molar-refractivity contribution >= 4 is 18.5 Å². The molecule has 2 unspecified atom stereocenters. The summed E-state index contributed by atoms with van der Waals surface area (Å²) in [4.78, 5) is 10.7. The first-order chi connectivity index (χ1) is 4.54. The van der Waals surface area contributed by atoms with Crippen LogP contribution in [-0.2, 0) is 4.79 Å². The van der Waals surface area contributed by atoms with Gasteiger partial charge < -0.3 is 10.4 Å². The molecule has 1 amide bonds. The third kappa shape index (κ3) is 4.64. The first kappa shape index (κ1) is 9.78. The van der Waals surface area contributed by atoms with E-state index in [0.29, 0.717) is 6.54 Å². The molecule has 0 saturated carbocycles. The molecule has 2 atom stereocenters. The van der Waals surface area contributed by atoms with Crippen molar-refractivity contribution in [1.82, 2.24) is 5.32 Å². The molecular formula is C6H13NO2S. The van der Waals surface area contributed by atoms with Crippen LogP contribution in [0.4, 0.5) is 0 Å². The van der Waals surface area contributed by atoms with Gasteiger partial charge in [-0.05, 0) is 13.8 Å². The van der Waals surface area contributed by atoms with Gasteiger partial charge in [-0.15, -0.1) is 0 Å². The zero-order valence-corrected chi connectivity index (χ0v) is 7.06. The van der Waals surface area contributed by atoms with Crippen molar-refractivity contribution in [2.45, 2.75) is 25.2 Å². The van der Waals surface area contributed by atoms with Crippen LogP contribution in [0.1, 0.15) is 13.8 Å². The van der Waals surface area contributed by atoms with Crippen molar-refractivity contribution in [1.29, 1.82) is 0 Å². The predicted molar refractivity (Wildman–Crippen MR) is 43.1 cm³/mol. The molecule has 0 rings (SSSR count). The maximum Gasteiger partial charge on any atom is 0.232 e. The summed E-state index contributed by atoms with van der Waals surface area (Å²) in [6, 6.07) is 0. The van der Waals surface area contributed by atoms with Crippen LogP contribution >= 0.6 is 12.6 Å². The molecule has 0 heterocycles. The van der Waals surface area contributed by atoms with E-state index >= 15 is 0 Å². The number of carbonyl (C=O) groups is 1.